The Balaban J connectivity index is 2.62. The SMILES string of the molecule is CCNC(=NCC(=O)N(C)CC(F)(F)F)NCC(CC)Oc1cccc(F)c1. The summed E-state index contributed by atoms with van der Waals surface area (Å²) in [6.07, 6.45) is -4.13. The first-order valence-corrected chi connectivity index (χ1v) is 8.89. The highest BCUT2D eigenvalue weighted by molar-refractivity contribution is 5.84. The summed E-state index contributed by atoms with van der Waals surface area (Å²) in [5, 5.41) is 5.88. The van der Waals surface area contributed by atoms with Gasteiger partial charge < -0.3 is 20.3 Å². The van der Waals surface area contributed by atoms with Crippen molar-refractivity contribution in [3.63, 3.8) is 0 Å². The van der Waals surface area contributed by atoms with E-state index < -0.39 is 31.0 Å². The van der Waals surface area contributed by atoms with Crippen LogP contribution >= 0.6 is 0 Å². The van der Waals surface area contributed by atoms with Crippen LogP contribution in [0.4, 0.5) is 17.6 Å². The predicted molar refractivity (Wildman–Crippen MR) is 98.8 cm³/mol. The molecular weight excluding hydrogens is 380 g/mol. The van der Waals surface area contributed by atoms with Gasteiger partial charge in [-0.2, -0.15) is 13.2 Å². The fraction of sp³-hybridized carbons (Fsp3) is 0.556. The second-order valence-electron chi connectivity index (χ2n) is 6.05. The van der Waals surface area contributed by atoms with Crippen molar-refractivity contribution in [2.24, 2.45) is 4.99 Å². The molecular formula is C18H26F4N4O2. The van der Waals surface area contributed by atoms with Gasteiger partial charge in [-0.3, -0.25) is 4.79 Å². The summed E-state index contributed by atoms with van der Waals surface area (Å²) in [5.41, 5.74) is 0. The second-order valence-corrected chi connectivity index (χ2v) is 6.05. The summed E-state index contributed by atoms with van der Waals surface area (Å²) in [7, 11) is 1.08. The highest BCUT2D eigenvalue weighted by Gasteiger charge is 2.31. The van der Waals surface area contributed by atoms with Gasteiger partial charge in [-0.1, -0.05) is 13.0 Å². The number of hydrogen-bond acceptors (Lipinski definition) is 3. The largest absolute Gasteiger partial charge is 0.489 e. The van der Waals surface area contributed by atoms with E-state index in [4.69, 9.17) is 4.74 Å². The standard InChI is InChI=1S/C18H26F4N4O2/c1-4-14(28-15-8-6-7-13(19)9-15)10-24-17(23-5-2)25-11-16(27)26(3)12-18(20,21)22/h6-9,14H,4-5,10-12H2,1-3H3,(H2,23,24,25). The van der Waals surface area contributed by atoms with Crippen molar-refractivity contribution in [2.75, 3.05) is 33.2 Å². The molecule has 0 saturated carbocycles. The fourth-order valence-electron chi connectivity index (χ4n) is 2.18. The van der Waals surface area contributed by atoms with Crippen LogP contribution in [0.15, 0.2) is 29.3 Å². The Morgan fingerprint density at radius 1 is 1.29 bits per heavy atom. The number of rotatable bonds is 9. The third kappa shape index (κ3) is 9.43. The summed E-state index contributed by atoms with van der Waals surface area (Å²) in [6.45, 7) is 2.76. The van der Waals surface area contributed by atoms with Crippen LogP contribution in [0.2, 0.25) is 0 Å². The van der Waals surface area contributed by atoms with Crippen LogP contribution in [-0.2, 0) is 4.79 Å². The molecule has 0 bridgehead atoms. The predicted octanol–water partition coefficient (Wildman–Crippen LogP) is 2.56. The number of ether oxygens (including phenoxy) is 1. The summed E-state index contributed by atoms with van der Waals surface area (Å²) < 4.78 is 56.0. The van der Waals surface area contributed by atoms with Crippen LogP contribution in [0.25, 0.3) is 0 Å². The first-order chi connectivity index (χ1) is 13.1. The van der Waals surface area contributed by atoms with Crippen molar-refractivity contribution in [2.45, 2.75) is 32.5 Å². The lowest BCUT2D eigenvalue weighted by atomic mass is 10.2. The molecule has 6 nitrogen and oxygen atoms in total. The van der Waals surface area contributed by atoms with Gasteiger partial charge >= 0.3 is 6.18 Å². The Labute approximate surface area is 162 Å². The van der Waals surface area contributed by atoms with E-state index in [9.17, 15) is 22.4 Å². The molecule has 0 aliphatic rings. The van der Waals surface area contributed by atoms with Crippen LogP contribution in [-0.4, -0.2) is 62.3 Å². The number of nitrogens with zero attached hydrogens (tertiary/aromatic N) is 2. The molecule has 0 radical (unpaired) electrons. The number of amides is 1. The monoisotopic (exact) mass is 406 g/mol. The van der Waals surface area contributed by atoms with Gasteiger partial charge in [0, 0.05) is 19.7 Å². The molecule has 2 N–H and O–H groups in total. The fourth-order valence-corrected chi connectivity index (χ4v) is 2.18. The van der Waals surface area contributed by atoms with E-state index in [1.54, 1.807) is 12.1 Å². The molecule has 1 unspecified atom stereocenters. The summed E-state index contributed by atoms with van der Waals surface area (Å²) >= 11 is 0. The Morgan fingerprint density at radius 2 is 2.00 bits per heavy atom. The van der Waals surface area contributed by atoms with Gasteiger partial charge in [0.1, 0.15) is 30.8 Å². The number of halogens is 4. The quantitative estimate of drug-likeness (QED) is 0.376. The topological polar surface area (TPSA) is 66.0 Å². The van der Waals surface area contributed by atoms with E-state index in [0.717, 1.165) is 7.05 Å². The molecule has 1 atom stereocenters. The lowest BCUT2D eigenvalue weighted by molar-refractivity contribution is -0.157. The van der Waals surface area contributed by atoms with E-state index in [1.165, 1.54) is 12.1 Å². The number of nitrogens with one attached hydrogen (secondary N) is 2. The molecule has 158 valence electrons. The maximum absolute atomic E-state index is 13.2. The first kappa shape index (κ1) is 23.5. The number of carbonyl (C=O) groups excluding carboxylic acids is 1. The summed E-state index contributed by atoms with van der Waals surface area (Å²) in [5.74, 6) is -0.494. The molecule has 1 rings (SSSR count). The molecule has 0 fully saturated rings. The molecule has 1 aromatic carbocycles. The minimum atomic E-state index is -4.46. The summed E-state index contributed by atoms with van der Waals surface area (Å²) in [4.78, 5) is 16.4. The minimum Gasteiger partial charge on any atom is -0.489 e. The van der Waals surface area contributed by atoms with Crippen molar-refractivity contribution in [1.29, 1.82) is 0 Å². The van der Waals surface area contributed by atoms with Gasteiger partial charge in [-0.25, -0.2) is 9.38 Å². The number of benzene rings is 1. The number of hydrogen-bond donors (Lipinski definition) is 2. The van der Waals surface area contributed by atoms with Crippen molar-refractivity contribution in [3.05, 3.63) is 30.1 Å². The van der Waals surface area contributed by atoms with Gasteiger partial charge in [0.15, 0.2) is 5.96 Å². The minimum absolute atomic E-state index is 0.276. The maximum Gasteiger partial charge on any atom is 0.406 e. The highest BCUT2D eigenvalue weighted by Crippen LogP contribution is 2.16. The van der Waals surface area contributed by atoms with Gasteiger partial charge in [-0.15, -0.1) is 0 Å². The average Bonchev–Trinajstić information content (AvgIpc) is 2.61. The highest BCUT2D eigenvalue weighted by atomic mass is 19.4. The maximum atomic E-state index is 13.2. The Hall–Kier alpha value is -2.52. The van der Waals surface area contributed by atoms with Crippen LogP contribution in [0.3, 0.4) is 0 Å². The van der Waals surface area contributed by atoms with E-state index in [-0.39, 0.29) is 12.1 Å². The lowest BCUT2D eigenvalue weighted by Gasteiger charge is -2.20. The molecule has 0 saturated heterocycles. The number of alkyl halides is 3. The average molecular weight is 406 g/mol. The van der Waals surface area contributed by atoms with Crippen LogP contribution in [0.5, 0.6) is 5.75 Å². The zero-order valence-corrected chi connectivity index (χ0v) is 16.1. The van der Waals surface area contributed by atoms with Gasteiger partial charge in [0.05, 0.1) is 6.54 Å². The van der Waals surface area contributed by atoms with Crippen LogP contribution in [0, 0.1) is 5.82 Å². The molecule has 1 aromatic rings. The van der Waals surface area contributed by atoms with E-state index in [2.05, 4.69) is 15.6 Å². The molecule has 1 amide bonds. The Bertz CT molecular complexity index is 653. The van der Waals surface area contributed by atoms with Crippen molar-refractivity contribution >= 4 is 11.9 Å². The normalized spacial score (nSPS) is 13.0. The number of carbonyl (C=O) groups is 1. The summed E-state index contributed by atoms with van der Waals surface area (Å²) in [6, 6.07) is 5.77. The van der Waals surface area contributed by atoms with Crippen molar-refractivity contribution in [1.82, 2.24) is 15.5 Å². The zero-order valence-electron chi connectivity index (χ0n) is 16.1. The van der Waals surface area contributed by atoms with Gasteiger partial charge in [0.2, 0.25) is 5.91 Å². The zero-order chi connectivity index (χ0) is 21.2. The molecule has 0 aromatic heterocycles. The lowest BCUT2D eigenvalue weighted by Crippen LogP contribution is -2.43. The van der Waals surface area contributed by atoms with Crippen molar-refractivity contribution in [3.8, 4) is 5.75 Å². The smallest absolute Gasteiger partial charge is 0.406 e. The molecule has 28 heavy (non-hydrogen) atoms. The first-order valence-electron chi connectivity index (χ1n) is 8.89. The molecule has 10 heteroatoms. The van der Waals surface area contributed by atoms with E-state index in [0.29, 0.717) is 30.2 Å². The van der Waals surface area contributed by atoms with Crippen LogP contribution in [0.1, 0.15) is 20.3 Å². The molecule has 0 aliphatic carbocycles. The molecule has 0 aliphatic heterocycles. The Morgan fingerprint density at radius 3 is 2.57 bits per heavy atom. The number of likely N-dealkylation sites (N-methyl/N-ethyl adjacent to an activating group) is 1. The van der Waals surface area contributed by atoms with Crippen molar-refractivity contribution < 1.29 is 27.1 Å². The second kappa shape index (κ2) is 11.4. The molecule has 0 spiro atoms. The number of guanidine groups is 1. The third-order valence-electron chi connectivity index (χ3n) is 3.61. The van der Waals surface area contributed by atoms with Gasteiger partial charge in [0.25, 0.3) is 0 Å². The third-order valence-corrected chi connectivity index (χ3v) is 3.61. The van der Waals surface area contributed by atoms with E-state index >= 15 is 0 Å². The Kier molecular flexibility index (Phi) is 9.54. The molecule has 0 heterocycles. The van der Waals surface area contributed by atoms with Gasteiger partial charge in [-0.05, 0) is 25.5 Å². The number of aliphatic imine (C=N–C) groups is 1. The van der Waals surface area contributed by atoms with Crippen LogP contribution < -0.4 is 15.4 Å². The van der Waals surface area contributed by atoms with E-state index in [1.807, 2.05) is 13.8 Å².